The van der Waals surface area contributed by atoms with Crippen LogP contribution >= 0.6 is 15.9 Å². The fourth-order valence-electron chi connectivity index (χ4n) is 1.51. The number of nitrogen functional groups attached to an aromatic ring is 1. The SMILES string of the molecule is Cc1ccc(Br)cc1NC(=O)c1ccnc(N)c1. The standard InChI is InChI=1S/C13H12BrN3O/c1-8-2-3-10(14)7-11(8)17-13(18)9-4-5-16-12(15)6-9/h2-7H,1H3,(H2,15,16)(H,17,18). The molecule has 2 rings (SSSR count). The average Bonchev–Trinajstić information content (AvgIpc) is 2.34. The predicted octanol–water partition coefficient (Wildman–Crippen LogP) is 2.99. The Kier molecular flexibility index (Phi) is 3.62. The summed E-state index contributed by atoms with van der Waals surface area (Å²) in [4.78, 5) is 15.9. The van der Waals surface area contributed by atoms with Crippen LogP contribution in [0.4, 0.5) is 11.5 Å². The Labute approximate surface area is 113 Å². The minimum absolute atomic E-state index is 0.203. The van der Waals surface area contributed by atoms with E-state index in [0.29, 0.717) is 11.4 Å². The molecule has 1 aromatic heterocycles. The second kappa shape index (κ2) is 5.18. The van der Waals surface area contributed by atoms with E-state index >= 15 is 0 Å². The molecule has 18 heavy (non-hydrogen) atoms. The van der Waals surface area contributed by atoms with E-state index in [-0.39, 0.29) is 5.91 Å². The molecule has 0 spiro atoms. The van der Waals surface area contributed by atoms with Gasteiger partial charge in [0.2, 0.25) is 0 Å². The van der Waals surface area contributed by atoms with Gasteiger partial charge in [-0.1, -0.05) is 22.0 Å². The molecule has 0 atom stereocenters. The number of nitrogens with two attached hydrogens (primary N) is 1. The Morgan fingerprint density at radius 2 is 2.11 bits per heavy atom. The van der Waals surface area contributed by atoms with Crippen LogP contribution in [0.5, 0.6) is 0 Å². The number of hydrogen-bond donors (Lipinski definition) is 2. The van der Waals surface area contributed by atoms with E-state index in [4.69, 9.17) is 5.73 Å². The number of halogens is 1. The molecule has 0 saturated carbocycles. The Morgan fingerprint density at radius 1 is 1.33 bits per heavy atom. The fourth-order valence-corrected chi connectivity index (χ4v) is 1.87. The Hall–Kier alpha value is -1.88. The van der Waals surface area contributed by atoms with Gasteiger partial charge in [0.1, 0.15) is 5.82 Å². The normalized spacial score (nSPS) is 10.1. The van der Waals surface area contributed by atoms with Crippen LogP contribution in [-0.4, -0.2) is 10.9 Å². The van der Waals surface area contributed by atoms with Crippen LogP contribution in [0.3, 0.4) is 0 Å². The average molecular weight is 306 g/mol. The quantitative estimate of drug-likeness (QED) is 0.896. The van der Waals surface area contributed by atoms with Crippen LogP contribution in [-0.2, 0) is 0 Å². The molecular formula is C13H12BrN3O. The summed E-state index contributed by atoms with van der Waals surface area (Å²) >= 11 is 3.37. The molecule has 0 saturated heterocycles. The molecule has 92 valence electrons. The number of nitrogens with one attached hydrogen (secondary N) is 1. The Balaban J connectivity index is 2.24. The summed E-state index contributed by atoms with van der Waals surface area (Å²) in [6, 6.07) is 8.88. The lowest BCUT2D eigenvalue weighted by Gasteiger charge is -2.09. The molecule has 4 nitrogen and oxygen atoms in total. The zero-order chi connectivity index (χ0) is 13.1. The van der Waals surface area contributed by atoms with Crippen LogP contribution in [0.15, 0.2) is 41.0 Å². The number of benzene rings is 1. The molecule has 0 bridgehead atoms. The van der Waals surface area contributed by atoms with Gasteiger partial charge < -0.3 is 11.1 Å². The van der Waals surface area contributed by atoms with Gasteiger partial charge in [0.05, 0.1) is 0 Å². The van der Waals surface area contributed by atoms with Crippen molar-refractivity contribution in [2.24, 2.45) is 0 Å². The van der Waals surface area contributed by atoms with E-state index in [2.05, 4.69) is 26.2 Å². The van der Waals surface area contributed by atoms with Crippen molar-refractivity contribution in [3.63, 3.8) is 0 Å². The predicted molar refractivity (Wildman–Crippen MR) is 75.5 cm³/mol. The molecule has 0 fully saturated rings. The summed E-state index contributed by atoms with van der Waals surface area (Å²) < 4.78 is 0.914. The number of carbonyl (C=O) groups excluding carboxylic acids is 1. The highest BCUT2D eigenvalue weighted by atomic mass is 79.9. The van der Waals surface area contributed by atoms with Gasteiger partial charge in [0.25, 0.3) is 5.91 Å². The van der Waals surface area contributed by atoms with E-state index in [1.54, 1.807) is 12.1 Å². The third kappa shape index (κ3) is 2.87. The van der Waals surface area contributed by atoms with Crippen molar-refractivity contribution >= 4 is 33.3 Å². The molecule has 1 aromatic carbocycles. The van der Waals surface area contributed by atoms with Gasteiger partial charge in [-0.05, 0) is 36.8 Å². The number of anilines is 2. The number of aromatic nitrogens is 1. The van der Waals surface area contributed by atoms with Crippen molar-refractivity contribution in [1.82, 2.24) is 4.98 Å². The first kappa shape index (κ1) is 12.6. The zero-order valence-corrected chi connectivity index (χ0v) is 11.4. The second-order valence-electron chi connectivity index (χ2n) is 3.88. The summed E-state index contributed by atoms with van der Waals surface area (Å²) in [5, 5.41) is 2.84. The number of pyridine rings is 1. The smallest absolute Gasteiger partial charge is 0.255 e. The van der Waals surface area contributed by atoms with Gasteiger partial charge in [-0.15, -0.1) is 0 Å². The highest BCUT2D eigenvalue weighted by Gasteiger charge is 2.08. The Morgan fingerprint density at radius 3 is 2.83 bits per heavy atom. The highest BCUT2D eigenvalue weighted by Crippen LogP contribution is 2.21. The first-order valence-electron chi connectivity index (χ1n) is 5.35. The first-order chi connectivity index (χ1) is 8.56. The van der Waals surface area contributed by atoms with E-state index < -0.39 is 0 Å². The molecule has 2 aromatic rings. The molecule has 0 aliphatic heterocycles. The maximum Gasteiger partial charge on any atom is 0.255 e. The lowest BCUT2D eigenvalue weighted by molar-refractivity contribution is 0.102. The number of rotatable bonds is 2. The minimum atomic E-state index is -0.203. The van der Waals surface area contributed by atoms with Crippen molar-refractivity contribution in [3.8, 4) is 0 Å². The first-order valence-corrected chi connectivity index (χ1v) is 6.14. The molecule has 1 heterocycles. The third-order valence-electron chi connectivity index (χ3n) is 2.49. The number of amides is 1. The van der Waals surface area contributed by atoms with Gasteiger partial charge in [-0.2, -0.15) is 0 Å². The van der Waals surface area contributed by atoms with Gasteiger partial charge in [0.15, 0.2) is 0 Å². The van der Waals surface area contributed by atoms with Crippen LogP contribution < -0.4 is 11.1 Å². The van der Waals surface area contributed by atoms with Crippen molar-refractivity contribution in [3.05, 3.63) is 52.1 Å². The largest absolute Gasteiger partial charge is 0.384 e. The molecule has 0 radical (unpaired) electrons. The second-order valence-corrected chi connectivity index (χ2v) is 4.80. The molecular weight excluding hydrogens is 294 g/mol. The van der Waals surface area contributed by atoms with Crippen LogP contribution in [0.25, 0.3) is 0 Å². The van der Waals surface area contributed by atoms with Gasteiger partial charge in [0, 0.05) is 21.9 Å². The summed E-state index contributed by atoms with van der Waals surface area (Å²) in [5.41, 5.74) is 7.80. The van der Waals surface area contributed by atoms with E-state index in [1.165, 1.54) is 6.20 Å². The number of aryl methyl sites for hydroxylation is 1. The lowest BCUT2D eigenvalue weighted by atomic mass is 10.2. The maximum atomic E-state index is 12.0. The third-order valence-corrected chi connectivity index (χ3v) is 2.98. The van der Waals surface area contributed by atoms with Gasteiger partial charge >= 0.3 is 0 Å². The summed E-state index contributed by atoms with van der Waals surface area (Å²) in [5.74, 6) is 0.124. The highest BCUT2D eigenvalue weighted by molar-refractivity contribution is 9.10. The molecule has 0 aliphatic rings. The molecule has 3 N–H and O–H groups in total. The van der Waals surface area contributed by atoms with E-state index in [0.717, 1.165) is 15.7 Å². The van der Waals surface area contributed by atoms with Crippen LogP contribution in [0, 0.1) is 6.92 Å². The van der Waals surface area contributed by atoms with Crippen molar-refractivity contribution in [2.75, 3.05) is 11.1 Å². The topological polar surface area (TPSA) is 68.0 Å². The Bertz CT molecular complexity index is 599. The van der Waals surface area contributed by atoms with Gasteiger partial charge in [-0.3, -0.25) is 4.79 Å². The van der Waals surface area contributed by atoms with Crippen molar-refractivity contribution in [2.45, 2.75) is 6.92 Å². The zero-order valence-electron chi connectivity index (χ0n) is 9.77. The summed E-state index contributed by atoms with van der Waals surface area (Å²) in [7, 11) is 0. The number of nitrogens with zero attached hydrogens (tertiary/aromatic N) is 1. The maximum absolute atomic E-state index is 12.0. The molecule has 5 heteroatoms. The van der Waals surface area contributed by atoms with Crippen molar-refractivity contribution < 1.29 is 4.79 Å². The van der Waals surface area contributed by atoms with E-state index in [1.807, 2.05) is 25.1 Å². The fraction of sp³-hybridized carbons (Fsp3) is 0.0769. The molecule has 0 aliphatic carbocycles. The number of carbonyl (C=O) groups is 1. The van der Waals surface area contributed by atoms with Gasteiger partial charge in [-0.25, -0.2) is 4.98 Å². The monoisotopic (exact) mass is 305 g/mol. The number of hydrogen-bond acceptors (Lipinski definition) is 3. The van der Waals surface area contributed by atoms with Crippen LogP contribution in [0.1, 0.15) is 15.9 Å². The molecule has 0 unspecified atom stereocenters. The lowest BCUT2D eigenvalue weighted by Crippen LogP contribution is -2.13. The van der Waals surface area contributed by atoms with Crippen molar-refractivity contribution in [1.29, 1.82) is 0 Å². The van der Waals surface area contributed by atoms with E-state index in [9.17, 15) is 4.79 Å². The summed E-state index contributed by atoms with van der Waals surface area (Å²) in [6.45, 7) is 1.93. The molecule has 1 amide bonds. The minimum Gasteiger partial charge on any atom is -0.384 e. The van der Waals surface area contributed by atoms with Crippen LogP contribution in [0.2, 0.25) is 0 Å². The summed E-state index contributed by atoms with van der Waals surface area (Å²) in [6.07, 6.45) is 1.51.